The van der Waals surface area contributed by atoms with Crippen molar-refractivity contribution in [3.8, 4) is 0 Å². The molecule has 3 heterocycles. The molecule has 0 unspecified atom stereocenters. The van der Waals surface area contributed by atoms with Crippen molar-refractivity contribution in [1.29, 1.82) is 0 Å². The van der Waals surface area contributed by atoms with Crippen LogP contribution in [0.5, 0.6) is 0 Å². The average Bonchev–Trinajstić information content (AvgIpc) is 3.47. The first-order valence-corrected chi connectivity index (χ1v) is 11.9. The quantitative estimate of drug-likeness (QED) is 0.321. The van der Waals surface area contributed by atoms with E-state index in [0.717, 1.165) is 0 Å². The van der Waals surface area contributed by atoms with Crippen LogP contribution >= 0.6 is 34.0 Å². The van der Waals surface area contributed by atoms with Crippen LogP contribution < -0.4 is 14.3 Å². The first kappa shape index (κ1) is 16.5. The molecule has 4 heteroatoms. The summed E-state index contributed by atoms with van der Waals surface area (Å²) in [6.07, 6.45) is 0. The Hall–Kier alpha value is -2.40. The molecule has 0 amide bonds. The highest BCUT2D eigenvalue weighted by molar-refractivity contribution is 7.41. The Morgan fingerprint density at radius 2 is 0.750 bits per heavy atom. The van der Waals surface area contributed by atoms with E-state index in [1.54, 1.807) is 0 Å². The monoisotopic (exact) mass is 410 g/mol. The first-order valence-electron chi connectivity index (χ1n) is 9.28. The zero-order valence-electron chi connectivity index (χ0n) is 15.0. The second-order valence-electron chi connectivity index (χ2n) is 6.99. The van der Waals surface area contributed by atoms with Crippen LogP contribution in [0.2, 0.25) is 0 Å². The van der Waals surface area contributed by atoms with Gasteiger partial charge >= 0.3 is 0 Å². The van der Waals surface area contributed by atoms with E-state index in [0.29, 0.717) is 0 Å². The van der Waals surface area contributed by atoms with Gasteiger partial charge in [-0.1, -0.05) is 72.8 Å². The molecule has 0 N–H and O–H groups in total. The molecular formula is C24H15BS3. The summed E-state index contributed by atoms with van der Waals surface area (Å²) in [5.74, 6) is 0. The molecule has 0 radical (unpaired) electrons. The fraction of sp³-hybridized carbons (Fsp3) is 0. The van der Waals surface area contributed by atoms with E-state index >= 15 is 0 Å². The zero-order chi connectivity index (χ0) is 18.5. The summed E-state index contributed by atoms with van der Waals surface area (Å²) in [5.41, 5.74) is 0. The highest BCUT2D eigenvalue weighted by Crippen LogP contribution is 2.25. The third kappa shape index (κ3) is 2.49. The summed E-state index contributed by atoms with van der Waals surface area (Å²) in [7, 11) is 0. The van der Waals surface area contributed by atoms with E-state index in [-0.39, 0.29) is 6.71 Å². The van der Waals surface area contributed by atoms with Crippen LogP contribution in [0.4, 0.5) is 0 Å². The fourth-order valence-corrected chi connectivity index (χ4v) is 7.73. The Morgan fingerprint density at radius 1 is 0.429 bits per heavy atom. The Labute approximate surface area is 175 Å². The SMILES string of the molecule is c1ccc2c(B(c3scc4ccccc34)c3scc4ccccc34)scc2c1. The molecule has 132 valence electrons. The summed E-state index contributed by atoms with van der Waals surface area (Å²) in [4.78, 5) is 0. The van der Waals surface area contributed by atoms with Crippen molar-refractivity contribution < 1.29 is 0 Å². The number of fused-ring (bicyclic) bond motifs is 3. The molecule has 0 nitrogen and oxygen atoms in total. The lowest BCUT2D eigenvalue weighted by Crippen LogP contribution is -2.49. The lowest BCUT2D eigenvalue weighted by molar-refractivity contribution is 1.84. The van der Waals surface area contributed by atoms with Gasteiger partial charge in [0.15, 0.2) is 0 Å². The lowest BCUT2D eigenvalue weighted by atomic mass is 9.45. The van der Waals surface area contributed by atoms with Gasteiger partial charge in [0.1, 0.15) is 0 Å². The van der Waals surface area contributed by atoms with Crippen LogP contribution in [0.1, 0.15) is 0 Å². The van der Waals surface area contributed by atoms with Gasteiger partial charge < -0.3 is 0 Å². The standard InChI is InChI=1S/C24H15BS3/c1-4-10-19-16(7-1)13-26-22(19)25(23-20-11-5-2-8-17(20)14-27-23)24-21-12-6-3-9-18(21)15-28-24/h1-15H. The van der Waals surface area contributed by atoms with Gasteiger partial charge in [-0.05, 0) is 62.8 Å². The van der Waals surface area contributed by atoms with E-state index in [4.69, 9.17) is 0 Å². The average molecular weight is 410 g/mol. The third-order valence-corrected chi connectivity index (χ3v) is 8.65. The Balaban J connectivity index is 1.69. The van der Waals surface area contributed by atoms with E-state index in [1.165, 1.54) is 46.6 Å². The van der Waals surface area contributed by atoms with Crippen molar-refractivity contribution in [3.05, 3.63) is 88.9 Å². The molecule has 3 aromatic heterocycles. The Bertz CT molecular complexity index is 1260. The molecule has 0 saturated heterocycles. The topological polar surface area (TPSA) is 0 Å². The maximum absolute atomic E-state index is 2.31. The number of rotatable bonds is 3. The maximum atomic E-state index is 2.31. The molecule has 0 fully saturated rings. The summed E-state index contributed by atoms with van der Waals surface area (Å²) >= 11 is 5.69. The highest BCUT2D eigenvalue weighted by Gasteiger charge is 2.30. The van der Waals surface area contributed by atoms with Gasteiger partial charge in [-0.15, -0.1) is 0 Å². The normalized spacial score (nSPS) is 11.6. The molecule has 0 atom stereocenters. The molecule has 0 aliphatic rings. The maximum Gasteiger partial charge on any atom is 0.280 e. The highest BCUT2D eigenvalue weighted by atomic mass is 32.1. The van der Waals surface area contributed by atoms with Crippen molar-refractivity contribution in [3.63, 3.8) is 0 Å². The largest absolute Gasteiger partial charge is 0.280 e. The molecule has 0 bridgehead atoms. The van der Waals surface area contributed by atoms with Crippen LogP contribution in [-0.4, -0.2) is 6.71 Å². The number of hydrogen-bond donors (Lipinski definition) is 0. The lowest BCUT2D eigenvalue weighted by Gasteiger charge is -2.12. The van der Waals surface area contributed by atoms with Crippen LogP contribution in [0.15, 0.2) is 88.9 Å². The minimum absolute atomic E-state index is 0.277. The second-order valence-corrected chi connectivity index (χ2v) is 9.73. The number of hydrogen-bond acceptors (Lipinski definition) is 3. The zero-order valence-corrected chi connectivity index (χ0v) is 17.4. The summed E-state index contributed by atoms with van der Waals surface area (Å²) in [5, 5.41) is 15.1. The summed E-state index contributed by atoms with van der Waals surface area (Å²) in [6, 6.07) is 26.4. The Morgan fingerprint density at radius 3 is 1.11 bits per heavy atom. The molecule has 3 aromatic carbocycles. The van der Waals surface area contributed by atoms with Crippen molar-refractivity contribution in [2.75, 3.05) is 0 Å². The van der Waals surface area contributed by atoms with Crippen molar-refractivity contribution in [2.45, 2.75) is 0 Å². The van der Waals surface area contributed by atoms with Crippen LogP contribution in [-0.2, 0) is 0 Å². The number of benzene rings is 3. The van der Waals surface area contributed by atoms with Crippen LogP contribution in [0, 0.1) is 0 Å². The molecule has 28 heavy (non-hydrogen) atoms. The van der Waals surface area contributed by atoms with E-state index < -0.39 is 0 Å². The van der Waals surface area contributed by atoms with Crippen molar-refractivity contribution in [2.24, 2.45) is 0 Å². The molecule has 0 spiro atoms. The second kappa shape index (κ2) is 6.59. The fourth-order valence-electron chi connectivity index (χ4n) is 4.07. The van der Waals surface area contributed by atoms with Crippen LogP contribution in [0.25, 0.3) is 32.3 Å². The molecule has 0 aliphatic heterocycles. The van der Waals surface area contributed by atoms with Gasteiger partial charge in [-0.25, -0.2) is 0 Å². The van der Waals surface area contributed by atoms with Gasteiger partial charge in [0.25, 0.3) is 6.71 Å². The minimum Gasteiger partial charge on any atom is -0.157 e. The predicted octanol–water partition coefficient (Wildman–Crippen LogP) is 5.85. The molecule has 6 rings (SSSR count). The predicted molar refractivity (Wildman–Crippen MR) is 130 cm³/mol. The molecule has 6 aromatic rings. The molecular weight excluding hydrogens is 395 g/mol. The van der Waals surface area contributed by atoms with Gasteiger partial charge in [-0.3, -0.25) is 0 Å². The van der Waals surface area contributed by atoms with Crippen LogP contribution in [0.3, 0.4) is 0 Å². The van der Waals surface area contributed by atoms with E-state index in [9.17, 15) is 0 Å². The smallest absolute Gasteiger partial charge is 0.157 e. The van der Waals surface area contributed by atoms with Crippen molar-refractivity contribution in [1.82, 2.24) is 0 Å². The van der Waals surface area contributed by atoms with Gasteiger partial charge in [-0.2, -0.15) is 34.0 Å². The molecule has 0 aliphatic carbocycles. The first-order chi connectivity index (χ1) is 13.9. The third-order valence-electron chi connectivity index (χ3n) is 5.40. The number of thiophene rings is 3. The van der Waals surface area contributed by atoms with Crippen molar-refractivity contribution >= 4 is 87.4 Å². The van der Waals surface area contributed by atoms with Gasteiger partial charge in [0.2, 0.25) is 0 Å². The minimum atomic E-state index is 0.277. The summed E-state index contributed by atoms with van der Waals surface area (Å²) in [6.45, 7) is 0.277. The van der Waals surface area contributed by atoms with Gasteiger partial charge in [0.05, 0.1) is 0 Å². The van der Waals surface area contributed by atoms with Gasteiger partial charge in [0, 0.05) is 0 Å². The van der Waals surface area contributed by atoms with E-state index in [1.807, 2.05) is 34.0 Å². The molecule has 0 saturated carbocycles. The van der Waals surface area contributed by atoms with E-state index in [2.05, 4.69) is 88.9 Å². The Kier molecular flexibility index (Phi) is 3.90. The summed E-state index contributed by atoms with van der Waals surface area (Å²) < 4.78 is 4.36.